The van der Waals surface area contributed by atoms with Crippen molar-refractivity contribution < 1.29 is 9.85 Å². The van der Waals surface area contributed by atoms with Crippen molar-refractivity contribution in [3.63, 3.8) is 0 Å². The van der Waals surface area contributed by atoms with E-state index in [4.69, 9.17) is 0 Å². The highest BCUT2D eigenvalue weighted by atomic mass is 16.6. The van der Waals surface area contributed by atoms with Gasteiger partial charge in [0.1, 0.15) is 0 Å². The summed E-state index contributed by atoms with van der Waals surface area (Å²) in [4.78, 5) is 20.1. The van der Waals surface area contributed by atoms with Crippen molar-refractivity contribution in [2.75, 3.05) is 5.32 Å². The minimum Gasteiger partial charge on any atom is -0.356 e. The van der Waals surface area contributed by atoms with E-state index in [1.165, 1.54) is 29.8 Å². The third-order valence-electron chi connectivity index (χ3n) is 4.54. The lowest BCUT2D eigenvalue weighted by atomic mass is 10.1. The van der Waals surface area contributed by atoms with Crippen molar-refractivity contribution in [1.29, 1.82) is 0 Å². The van der Waals surface area contributed by atoms with Crippen LogP contribution in [0.25, 0.3) is 0 Å². The number of nitro benzene ring substituents is 2. The summed E-state index contributed by atoms with van der Waals surface area (Å²) in [6.45, 7) is 0. The highest BCUT2D eigenvalue weighted by Crippen LogP contribution is 2.19. The fourth-order valence-electron chi connectivity index (χ4n) is 2.92. The van der Waals surface area contributed by atoms with Crippen molar-refractivity contribution in [2.45, 2.75) is 6.42 Å². The minimum absolute atomic E-state index is 0.0959. The molecule has 0 bridgehead atoms. The van der Waals surface area contributed by atoms with E-state index >= 15 is 0 Å². The number of para-hydroxylation sites is 1. The molecule has 0 heterocycles. The Morgan fingerprint density at radius 2 is 0.938 bits per heavy atom. The molecule has 0 spiro atoms. The standard InChI is InChI=1S/C13H11NO2.C12H10N2O2/c15-14(16)13-8-6-12(7-9-13)10-11-4-2-1-3-5-11;15-14(16)12-8-6-11(7-9-12)13-10-4-2-1-3-5-10/h1-9H,10H2;1-9,13H. The van der Waals surface area contributed by atoms with Gasteiger partial charge in [-0.3, -0.25) is 20.2 Å². The zero-order valence-corrected chi connectivity index (χ0v) is 17.1. The fraction of sp³-hybridized carbons (Fsp3) is 0.0400. The van der Waals surface area contributed by atoms with E-state index in [1.807, 2.05) is 60.7 Å². The summed E-state index contributed by atoms with van der Waals surface area (Å²) in [5.41, 5.74) is 4.30. The van der Waals surface area contributed by atoms with Gasteiger partial charge in [0, 0.05) is 35.6 Å². The second-order valence-corrected chi connectivity index (χ2v) is 6.88. The Morgan fingerprint density at radius 3 is 1.44 bits per heavy atom. The Hall–Kier alpha value is -4.52. The van der Waals surface area contributed by atoms with Crippen LogP contribution in [0, 0.1) is 20.2 Å². The number of anilines is 2. The largest absolute Gasteiger partial charge is 0.356 e. The van der Waals surface area contributed by atoms with Crippen molar-refractivity contribution in [2.24, 2.45) is 0 Å². The molecule has 0 atom stereocenters. The Morgan fingerprint density at radius 1 is 0.531 bits per heavy atom. The number of non-ortho nitro benzene ring substituents is 2. The summed E-state index contributed by atoms with van der Waals surface area (Å²) in [5.74, 6) is 0. The molecule has 160 valence electrons. The molecule has 0 saturated heterocycles. The van der Waals surface area contributed by atoms with Crippen LogP contribution < -0.4 is 5.32 Å². The predicted octanol–water partition coefficient (Wildman–Crippen LogP) is 6.52. The summed E-state index contributed by atoms with van der Waals surface area (Å²) in [5, 5.41) is 24.1. The Kier molecular flexibility index (Phi) is 7.64. The number of rotatable bonds is 6. The molecule has 0 radical (unpaired) electrons. The molecule has 7 nitrogen and oxygen atoms in total. The number of nitrogens with one attached hydrogen (secondary N) is 1. The highest BCUT2D eigenvalue weighted by molar-refractivity contribution is 5.60. The number of hydrogen-bond acceptors (Lipinski definition) is 5. The first-order chi connectivity index (χ1) is 15.5. The van der Waals surface area contributed by atoms with Crippen LogP contribution in [0.2, 0.25) is 0 Å². The van der Waals surface area contributed by atoms with E-state index < -0.39 is 4.92 Å². The maximum Gasteiger partial charge on any atom is 0.269 e. The molecule has 1 N–H and O–H groups in total. The number of hydrogen-bond donors (Lipinski definition) is 1. The lowest BCUT2D eigenvalue weighted by Gasteiger charge is -2.05. The maximum absolute atomic E-state index is 10.5. The fourth-order valence-corrected chi connectivity index (χ4v) is 2.92. The van der Waals surface area contributed by atoms with E-state index in [2.05, 4.69) is 5.32 Å². The molecule has 0 aliphatic rings. The second kappa shape index (κ2) is 11.0. The summed E-state index contributed by atoms with van der Waals surface area (Å²) in [6, 6.07) is 32.7. The number of nitrogens with zero attached hydrogens (tertiary/aromatic N) is 2. The molecule has 0 aliphatic heterocycles. The first kappa shape index (κ1) is 22.2. The molecular formula is C25H21N3O4. The Labute approximate surface area is 185 Å². The van der Waals surface area contributed by atoms with Gasteiger partial charge in [-0.15, -0.1) is 0 Å². The molecule has 0 unspecified atom stereocenters. The van der Waals surface area contributed by atoms with Gasteiger partial charge in [-0.25, -0.2) is 0 Å². The molecular weight excluding hydrogens is 406 g/mol. The summed E-state index contributed by atoms with van der Waals surface area (Å²) in [6.07, 6.45) is 0.804. The molecule has 0 fully saturated rings. The van der Waals surface area contributed by atoms with Gasteiger partial charge in [0.25, 0.3) is 11.4 Å². The van der Waals surface area contributed by atoms with Gasteiger partial charge in [0.15, 0.2) is 0 Å². The van der Waals surface area contributed by atoms with E-state index in [-0.39, 0.29) is 16.3 Å². The third-order valence-corrected chi connectivity index (χ3v) is 4.54. The monoisotopic (exact) mass is 427 g/mol. The van der Waals surface area contributed by atoms with Gasteiger partial charge in [0.05, 0.1) is 9.85 Å². The van der Waals surface area contributed by atoms with Crippen molar-refractivity contribution in [3.05, 3.63) is 141 Å². The van der Waals surface area contributed by atoms with E-state index in [9.17, 15) is 20.2 Å². The first-order valence-electron chi connectivity index (χ1n) is 9.85. The zero-order chi connectivity index (χ0) is 22.8. The van der Waals surface area contributed by atoms with Gasteiger partial charge < -0.3 is 5.32 Å². The highest BCUT2D eigenvalue weighted by Gasteiger charge is 2.04. The number of nitro groups is 2. The van der Waals surface area contributed by atoms with Gasteiger partial charge >= 0.3 is 0 Å². The van der Waals surface area contributed by atoms with Gasteiger partial charge in [-0.05, 0) is 41.8 Å². The number of benzene rings is 4. The molecule has 32 heavy (non-hydrogen) atoms. The molecule has 0 amide bonds. The summed E-state index contributed by atoms with van der Waals surface area (Å²) in [7, 11) is 0. The van der Waals surface area contributed by atoms with Crippen molar-refractivity contribution in [1.82, 2.24) is 0 Å². The molecule has 7 heteroatoms. The van der Waals surface area contributed by atoms with Gasteiger partial charge in [-0.2, -0.15) is 0 Å². The average molecular weight is 427 g/mol. The summed E-state index contributed by atoms with van der Waals surface area (Å²) < 4.78 is 0. The molecule has 4 aromatic carbocycles. The molecule has 0 aliphatic carbocycles. The van der Waals surface area contributed by atoms with Crippen LogP contribution in [0.4, 0.5) is 22.7 Å². The zero-order valence-electron chi connectivity index (χ0n) is 17.1. The minimum atomic E-state index is -0.410. The predicted molar refractivity (Wildman–Crippen MR) is 125 cm³/mol. The van der Waals surface area contributed by atoms with E-state index in [0.717, 1.165) is 23.4 Å². The molecule has 0 aromatic heterocycles. The van der Waals surface area contributed by atoms with Crippen LogP contribution in [-0.2, 0) is 6.42 Å². The van der Waals surface area contributed by atoms with Crippen LogP contribution in [0.3, 0.4) is 0 Å². The van der Waals surface area contributed by atoms with Crippen LogP contribution in [0.5, 0.6) is 0 Å². The maximum atomic E-state index is 10.5. The second-order valence-electron chi connectivity index (χ2n) is 6.88. The van der Waals surface area contributed by atoms with E-state index in [0.29, 0.717) is 0 Å². The summed E-state index contributed by atoms with van der Waals surface area (Å²) >= 11 is 0. The average Bonchev–Trinajstić information content (AvgIpc) is 2.82. The quantitative estimate of drug-likeness (QED) is 0.279. The lowest BCUT2D eigenvalue weighted by Crippen LogP contribution is -1.91. The topological polar surface area (TPSA) is 98.3 Å². The van der Waals surface area contributed by atoms with Crippen molar-refractivity contribution >= 4 is 22.7 Å². The molecule has 4 aromatic rings. The van der Waals surface area contributed by atoms with Crippen LogP contribution >= 0.6 is 0 Å². The van der Waals surface area contributed by atoms with Gasteiger partial charge in [-0.1, -0.05) is 60.7 Å². The SMILES string of the molecule is O=[N+]([O-])c1ccc(Cc2ccccc2)cc1.O=[N+]([O-])c1ccc(Nc2ccccc2)cc1. The van der Waals surface area contributed by atoms with Crippen LogP contribution in [-0.4, -0.2) is 9.85 Å². The normalized spacial score (nSPS) is 9.88. The van der Waals surface area contributed by atoms with Crippen molar-refractivity contribution in [3.8, 4) is 0 Å². The third kappa shape index (κ3) is 6.77. The van der Waals surface area contributed by atoms with Gasteiger partial charge in [0.2, 0.25) is 0 Å². The van der Waals surface area contributed by atoms with Crippen LogP contribution in [0.1, 0.15) is 11.1 Å². The Balaban J connectivity index is 0.000000181. The van der Waals surface area contributed by atoms with E-state index in [1.54, 1.807) is 24.3 Å². The first-order valence-corrected chi connectivity index (χ1v) is 9.85. The lowest BCUT2D eigenvalue weighted by molar-refractivity contribution is -0.385. The Bertz CT molecular complexity index is 1050. The smallest absolute Gasteiger partial charge is 0.269 e. The van der Waals surface area contributed by atoms with Crippen LogP contribution in [0.15, 0.2) is 109 Å². The molecule has 0 saturated carbocycles. The molecule has 4 rings (SSSR count).